The van der Waals surface area contributed by atoms with E-state index in [1.165, 1.54) is 0 Å². The Hall–Kier alpha value is -1.58. The minimum absolute atomic E-state index is 0.394. The van der Waals surface area contributed by atoms with Gasteiger partial charge in [0.25, 0.3) is 0 Å². The number of fused-ring (bicyclic) bond motifs is 1. The molecule has 2 heterocycles. The van der Waals surface area contributed by atoms with E-state index in [0.717, 1.165) is 23.3 Å². The summed E-state index contributed by atoms with van der Waals surface area (Å²) in [7, 11) is 0. The lowest BCUT2D eigenvalue weighted by molar-refractivity contribution is 0.787. The molecule has 0 aliphatic rings. The van der Waals surface area contributed by atoms with Crippen LogP contribution >= 0.6 is 0 Å². The summed E-state index contributed by atoms with van der Waals surface area (Å²) in [5.74, 6) is 0.394. The van der Waals surface area contributed by atoms with Crippen LogP contribution in [-0.2, 0) is 6.42 Å². The van der Waals surface area contributed by atoms with E-state index in [-0.39, 0.29) is 0 Å². The van der Waals surface area contributed by atoms with Crippen LogP contribution < -0.4 is 0 Å². The summed E-state index contributed by atoms with van der Waals surface area (Å²) in [5, 5.41) is 7.78. The van der Waals surface area contributed by atoms with Crippen molar-refractivity contribution in [3.05, 3.63) is 23.7 Å². The molecular formula is C11H14N4. The van der Waals surface area contributed by atoms with Crippen molar-refractivity contribution in [2.45, 2.75) is 33.1 Å². The van der Waals surface area contributed by atoms with E-state index >= 15 is 0 Å². The van der Waals surface area contributed by atoms with E-state index in [1.54, 1.807) is 6.20 Å². The molecule has 0 radical (unpaired) electrons. The van der Waals surface area contributed by atoms with Gasteiger partial charge in [-0.15, -0.1) is 5.10 Å². The highest BCUT2D eigenvalue weighted by Gasteiger charge is 2.10. The van der Waals surface area contributed by atoms with Crippen molar-refractivity contribution in [2.75, 3.05) is 0 Å². The Balaban J connectivity index is 2.69. The molecule has 2 aromatic heterocycles. The summed E-state index contributed by atoms with van der Waals surface area (Å²) in [6, 6.07) is 1.85. The van der Waals surface area contributed by atoms with E-state index in [9.17, 15) is 0 Å². The molecule has 0 fully saturated rings. The van der Waals surface area contributed by atoms with Gasteiger partial charge in [-0.25, -0.2) is 9.97 Å². The summed E-state index contributed by atoms with van der Waals surface area (Å²) in [5.41, 5.74) is 3.56. The highest BCUT2D eigenvalue weighted by atomic mass is 15.1. The highest BCUT2D eigenvalue weighted by molar-refractivity contribution is 5.68. The molecule has 78 valence electrons. The third-order valence-electron chi connectivity index (χ3n) is 2.34. The van der Waals surface area contributed by atoms with Crippen LogP contribution in [0.25, 0.3) is 11.2 Å². The van der Waals surface area contributed by atoms with Gasteiger partial charge in [-0.2, -0.15) is 5.10 Å². The first kappa shape index (κ1) is 9.96. The fourth-order valence-corrected chi connectivity index (χ4v) is 1.59. The van der Waals surface area contributed by atoms with Crippen molar-refractivity contribution in [3.8, 4) is 0 Å². The van der Waals surface area contributed by atoms with Gasteiger partial charge in [-0.05, 0) is 18.4 Å². The van der Waals surface area contributed by atoms with E-state index < -0.39 is 0 Å². The molecule has 0 atom stereocenters. The monoisotopic (exact) mass is 202 g/mol. The lowest BCUT2D eigenvalue weighted by Crippen LogP contribution is -2.04. The fraction of sp³-hybridized carbons (Fsp3) is 0.455. The lowest BCUT2D eigenvalue weighted by atomic mass is 10.1. The van der Waals surface area contributed by atoms with Gasteiger partial charge in [0.1, 0.15) is 5.52 Å². The molecule has 0 amide bonds. The van der Waals surface area contributed by atoms with E-state index in [2.05, 4.69) is 40.9 Å². The van der Waals surface area contributed by atoms with Crippen LogP contribution in [0.4, 0.5) is 0 Å². The van der Waals surface area contributed by atoms with Crippen LogP contribution in [0.5, 0.6) is 0 Å². The Kier molecular flexibility index (Phi) is 2.58. The third kappa shape index (κ3) is 1.79. The predicted molar refractivity (Wildman–Crippen MR) is 58.6 cm³/mol. The highest BCUT2D eigenvalue weighted by Crippen LogP contribution is 2.18. The third-order valence-corrected chi connectivity index (χ3v) is 2.34. The summed E-state index contributed by atoms with van der Waals surface area (Å²) in [4.78, 5) is 9.06. The smallest absolute Gasteiger partial charge is 0.200 e. The summed E-state index contributed by atoms with van der Waals surface area (Å²) in [6.07, 6.45) is 2.53. The van der Waals surface area contributed by atoms with Crippen molar-refractivity contribution in [1.82, 2.24) is 20.2 Å². The van der Waals surface area contributed by atoms with Crippen LogP contribution in [0.2, 0.25) is 0 Å². The zero-order valence-corrected chi connectivity index (χ0v) is 9.23. The molecule has 4 heteroatoms. The minimum atomic E-state index is 0.394. The van der Waals surface area contributed by atoms with Gasteiger partial charge in [-0.3, -0.25) is 0 Å². The van der Waals surface area contributed by atoms with E-state index in [0.29, 0.717) is 11.6 Å². The van der Waals surface area contributed by atoms with Crippen molar-refractivity contribution in [3.63, 3.8) is 0 Å². The summed E-state index contributed by atoms with van der Waals surface area (Å²) >= 11 is 0. The number of hydrogen-bond acceptors (Lipinski definition) is 4. The number of aryl methyl sites for hydroxylation is 1. The van der Waals surface area contributed by atoms with Gasteiger partial charge in [0.2, 0.25) is 5.65 Å². The van der Waals surface area contributed by atoms with Crippen molar-refractivity contribution in [2.24, 2.45) is 0 Å². The average Bonchev–Trinajstić information content (AvgIpc) is 2.27. The first-order valence-electron chi connectivity index (χ1n) is 5.20. The maximum absolute atomic E-state index is 4.58. The molecule has 0 unspecified atom stereocenters. The largest absolute Gasteiger partial charge is 0.247 e. The maximum Gasteiger partial charge on any atom is 0.200 e. The van der Waals surface area contributed by atoms with Gasteiger partial charge >= 0.3 is 0 Å². The molecule has 0 saturated carbocycles. The van der Waals surface area contributed by atoms with Gasteiger partial charge in [0.05, 0.1) is 17.6 Å². The Morgan fingerprint density at radius 2 is 2.07 bits per heavy atom. The maximum atomic E-state index is 4.58. The van der Waals surface area contributed by atoms with E-state index in [4.69, 9.17) is 0 Å². The van der Waals surface area contributed by atoms with Crippen LogP contribution in [0, 0.1) is 0 Å². The second-order valence-electron chi connectivity index (χ2n) is 3.80. The zero-order chi connectivity index (χ0) is 10.8. The average molecular weight is 202 g/mol. The SMILES string of the molecule is CCc1nc2nnccc2nc1C(C)C. The topological polar surface area (TPSA) is 51.6 Å². The van der Waals surface area contributed by atoms with Gasteiger partial charge in [-0.1, -0.05) is 20.8 Å². The molecule has 2 rings (SSSR count). The van der Waals surface area contributed by atoms with Gasteiger partial charge in [0, 0.05) is 0 Å². The van der Waals surface area contributed by atoms with Crippen molar-refractivity contribution >= 4 is 11.2 Å². The first-order chi connectivity index (χ1) is 7.22. The fourth-order valence-electron chi connectivity index (χ4n) is 1.59. The molecule has 0 aromatic carbocycles. The van der Waals surface area contributed by atoms with Gasteiger partial charge < -0.3 is 0 Å². The van der Waals surface area contributed by atoms with Crippen LogP contribution in [0.3, 0.4) is 0 Å². The van der Waals surface area contributed by atoms with Crippen LogP contribution in [0.15, 0.2) is 12.3 Å². The number of aromatic nitrogens is 4. The standard InChI is InChI=1S/C11H14N4/c1-4-8-10(7(2)3)13-9-5-6-12-15-11(9)14-8/h5-7H,4H2,1-3H3. The molecule has 0 aliphatic heterocycles. The normalized spacial score (nSPS) is 11.2. The number of hydrogen-bond donors (Lipinski definition) is 0. The molecule has 0 N–H and O–H groups in total. The Bertz CT molecular complexity index is 479. The second kappa shape index (κ2) is 3.88. The molecule has 2 aromatic rings. The van der Waals surface area contributed by atoms with Crippen LogP contribution in [0.1, 0.15) is 38.1 Å². The molecule has 15 heavy (non-hydrogen) atoms. The van der Waals surface area contributed by atoms with Crippen molar-refractivity contribution < 1.29 is 0 Å². The molecule has 0 saturated heterocycles. The second-order valence-corrected chi connectivity index (χ2v) is 3.80. The zero-order valence-electron chi connectivity index (χ0n) is 9.23. The predicted octanol–water partition coefficient (Wildman–Crippen LogP) is 2.11. The first-order valence-corrected chi connectivity index (χ1v) is 5.20. The number of rotatable bonds is 2. The van der Waals surface area contributed by atoms with Gasteiger partial charge in [0.15, 0.2) is 0 Å². The summed E-state index contributed by atoms with van der Waals surface area (Å²) < 4.78 is 0. The van der Waals surface area contributed by atoms with E-state index in [1.807, 2.05) is 6.07 Å². The van der Waals surface area contributed by atoms with Crippen molar-refractivity contribution in [1.29, 1.82) is 0 Å². The molecule has 0 bridgehead atoms. The Morgan fingerprint density at radius 3 is 2.73 bits per heavy atom. The Labute approximate surface area is 88.8 Å². The molecule has 4 nitrogen and oxygen atoms in total. The minimum Gasteiger partial charge on any atom is -0.247 e. The molecule has 0 aliphatic carbocycles. The van der Waals surface area contributed by atoms with Crippen LogP contribution in [-0.4, -0.2) is 20.2 Å². The lowest BCUT2D eigenvalue weighted by Gasteiger charge is -2.09. The number of nitrogens with zero attached hydrogens (tertiary/aromatic N) is 4. The quantitative estimate of drug-likeness (QED) is 0.748. The Morgan fingerprint density at radius 1 is 1.27 bits per heavy atom. The molecule has 0 spiro atoms. The molecular weight excluding hydrogens is 188 g/mol. The summed E-state index contributed by atoms with van der Waals surface area (Å²) in [6.45, 7) is 6.34.